The lowest BCUT2D eigenvalue weighted by Crippen LogP contribution is -1.62. The van der Waals surface area contributed by atoms with Gasteiger partial charge in [-0.05, 0) is 11.4 Å². The fraction of sp³-hybridized carbons (Fsp3) is 0. The van der Waals surface area contributed by atoms with E-state index < -0.39 is 0 Å². The van der Waals surface area contributed by atoms with Crippen LogP contribution in [0.1, 0.15) is 0 Å². The molecule has 0 saturated heterocycles. The molecule has 10 heavy (non-hydrogen) atoms. The van der Waals surface area contributed by atoms with E-state index in [1.165, 1.54) is 0 Å². The Labute approximate surface area is 62.1 Å². The van der Waals surface area contributed by atoms with E-state index >= 15 is 0 Å². The summed E-state index contributed by atoms with van der Waals surface area (Å²) in [6, 6.07) is 3.85. The quantitative estimate of drug-likeness (QED) is 0.625. The molecule has 0 aliphatic carbocycles. The fourth-order valence-corrected chi connectivity index (χ4v) is 1.41. The highest BCUT2D eigenvalue weighted by molar-refractivity contribution is 7.08. The van der Waals surface area contributed by atoms with Crippen LogP contribution < -0.4 is 0 Å². The molecule has 2 aromatic heterocycles. The molecule has 0 spiro atoms. The Bertz CT molecular complexity index is 253. The van der Waals surface area contributed by atoms with Crippen molar-refractivity contribution in [3.8, 4) is 11.3 Å². The van der Waals surface area contributed by atoms with Crippen molar-refractivity contribution in [3.63, 3.8) is 0 Å². The van der Waals surface area contributed by atoms with Crippen molar-refractivity contribution in [2.45, 2.75) is 0 Å². The van der Waals surface area contributed by atoms with Crippen molar-refractivity contribution in [1.29, 1.82) is 0 Å². The Morgan fingerprint density at radius 1 is 1.40 bits per heavy atom. The van der Waals surface area contributed by atoms with E-state index in [1.807, 2.05) is 22.9 Å². The zero-order valence-electron chi connectivity index (χ0n) is 5.15. The van der Waals surface area contributed by atoms with Gasteiger partial charge in [-0.25, -0.2) is 0 Å². The van der Waals surface area contributed by atoms with Gasteiger partial charge in [0, 0.05) is 17.0 Å². The first-order valence-electron chi connectivity index (χ1n) is 2.90. The summed E-state index contributed by atoms with van der Waals surface area (Å²) >= 11 is 1.65. The molecule has 0 bridgehead atoms. The Balaban J connectivity index is 2.48. The molecule has 0 atom stereocenters. The first kappa shape index (κ1) is 5.68. The maximum absolute atomic E-state index is 4.93. The van der Waals surface area contributed by atoms with Crippen LogP contribution in [0.25, 0.3) is 11.3 Å². The van der Waals surface area contributed by atoms with Gasteiger partial charge in [-0.1, -0.05) is 5.16 Å². The van der Waals surface area contributed by atoms with Gasteiger partial charge in [-0.2, -0.15) is 11.3 Å². The van der Waals surface area contributed by atoms with Gasteiger partial charge in [0.05, 0.1) is 6.20 Å². The number of nitrogens with zero attached hydrogens (tertiary/aromatic N) is 1. The lowest BCUT2D eigenvalue weighted by molar-refractivity contribution is 0.432. The molecule has 50 valence electrons. The zero-order chi connectivity index (χ0) is 6.81. The molecule has 2 aromatic rings. The second kappa shape index (κ2) is 2.27. The molecule has 0 amide bonds. The predicted molar refractivity (Wildman–Crippen MR) is 39.8 cm³/mol. The Kier molecular flexibility index (Phi) is 1.29. The van der Waals surface area contributed by atoms with E-state index in [9.17, 15) is 0 Å². The summed E-state index contributed by atoms with van der Waals surface area (Å²) < 4.78 is 4.93. The average molecular weight is 151 g/mol. The molecule has 2 heterocycles. The Morgan fingerprint density at radius 2 is 2.40 bits per heavy atom. The molecule has 0 saturated carbocycles. The van der Waals surface area contributed by atoms with Gasteiger partial charge in [0.15, 0.2) is 5.76 Å². The summed E-state index contributed by atoms with van der Waals surface area (Å²) in [6.07, 6.45) is 1.65. The van der Waals surface area contributed by atoms with Crippen LogP contribution >= 0.6 is 11.3 Å². The first-order chi connectivity index (χ1) is 4.97. The maximum atomic E-state index is 4.93. The lowest BCUT2D eigenvalue weighted by Gasteiger charge is -1.82. The van der Waals surface area contributed by atoms with Crippen LogP contribution in [-0.4, -0.2) is 5.16 Å². The minimum absolute atomic E-state index is 0.834. The topological polar surface area (TPSA) is 26.0 Å². The molecule has 2 nitrogen and oxygen atoms in total. The van der Waals surface area contributed by atoms with Gasteiger partial charge in [0.2, 0.25) is 0 Å². The summed E-state index contributed by atoms with van der Waals surface area (Å²) in [6.45, 7) is 0. The van der Waals surface area contributed by atoms with Crippen molar-refractivity contribution >= 4 is 11.3 Å². The highest BCUT2D eigenvalue weighted by atomic mass is 32.1. The van der Waals surface area contributed by atoms with Crippen molar-refractivity contribution < 1.29 is 4.52 Å². The standard InChI is InChI=1S/C7H5NOS/c1-3-8-9-7(1)6-2-4-10-5-6/h1-5H. The number of hydrogen-bond acceptors (Lipinski definition) is 3. The summed E-state index contributed by atoms with van der Waals surface area (Å²) in [4.78, 5) is 0. The smallest absolute Gasteiger partial charge is 0.167 e. The van der Waals surface area contributed by atoms with E-state index in [0.717, 1.165) is 11.3 Å². The van der Waals surface area contributed by atoms with Crippen LogP contribution in [0.2, 0.25) is 0 Å². The van der Waals surface area contributed by atoms with Gasteiger partial charge in [0.1, 0.15) is 0 Å². The molecule has 0 aliphatic heterocycles. The van der Waals surface area contributed by atoms with Crippen LogP contribution in [0.15, 0.2) is 33.6 Å². The van der Waals surface area contributed by atoms with Crippen molar-refractivity contribution in [3.05, 3.63) is 29.1 Å². The summed E-state index contributed by atoms with van der Waals surface area (Å²) in [7, 11) is 0. The molecule has 0 unspecified atom stereocenters. The minimum atomic E-state index is 0.834. The molecular formula is C7H5NOS. The predicted octanol–water partition coefficient (Wildman–Crippen LogP) is 2.40. The van der Waals surface area contributed by atoms with Crippen molar-refractivity contribution in [1.82, 2.24) is 5.16 Å². The second-order valence-electron chi connectivity index (χ2n) is 1.89. The molecule has 0 aromatic carbocycles. The van der Waals surface area contributed by atoms with E-state index in [0.29, 0.717) is 0 Å². The molecule has 0 N–H and O–H groups in total. The number of thiophene rings is 1. The third-order valence-electron chi connectivity index (χ3n) is 1.24. The molecule has 0 fully saturated rings. The first-order valence-corrected chi connectivity index (χ1v) is 3.84. The minimum Gasteiger partial charge on any atom is -0.356 e. The zero-order valence-corrected chi connectivity index (χ0v) is 5.97. The largest absolute Gasteiger partial charge is 0.356 e. The van der Waals surface area contributed by atoms with Crippen LogP contribution in [0, 0.1) is 0 Å². The SMILES string of the molecule is c1cc(-c2ccsc2)on1. The Hall–Kier alpha value is -1.09. The van der Waals surface area contributed by atoms with E-state index in [-0.39, 0.29) is 0 Å². The van der Waals surface area contributed by atoms with Gasteiger partial charge >= 0.3 is 0 Å². The highest BCUT2D eigenvalue weighted by Crippen LogP contribution is 2.20. The average Bonchev–Trinajstić information content (AvgIpc) is 2.59. The third-order valence-corrected chi connectivity index (χ3v) is 1.93. The number of hydrogen-bond donors (Lipinski definition) is 0. The third kappa shape index (κ3) is 0.844. The Morgan fingerprint density at radius 3 is 3.00 bits per heavy atom. The maximum Gasteiger partial charge on any atom is 0.167 e. The van der Waals surface area contributed by atoms with Gasteiger partial charge < -0.3 is 4.52 Å². The second-order valence-corrected chi connectivity index (χ2v) is 2.67. The van der Waals surface area contributed by atoms with E-state index in [2.05, 4.69) is 5.16 Å². The number of rotatable bonds is 1. The van der Waals surface area contributed by atoms with E-state index in [1.54, 1.807) is 17.5 Å². The molecule has 0 radical (unpaired) electrons. The summed E-state index contributed by atoms with van der Waals surface area (Å²) in [5, 5.41) is 7.65. The van der Waals surface area contributed by atoms with Crippen molar-refractivity contribution in [2.24, 2.45) is 0 Å². The molecule has 3 heteroatoms. The van der Waals surface area contributed by atoms with Crippen LogP contribution in [0.3, 0.4) is 0 Å². The van der Waals surface area contributed by atoms with Gasteiger partial charge in [-0.3, -0.25) is 0 Å². The molecule has 2 rings (SSSR count). The lowest BCUT2D eigenvalue weighted by atomic mass is 10.3. The molecule has 0 aliphatic rings. The van der Waals surface area contributed by atoms with Crippen molar-refractivity contribution in [2.75, 3.05) is 0 Å². The van der Waals surface area contributed by atoms with Crippen LogP contribution in [0.4, 0.5) is 0 Å². The van der Waals surface area contributed by atoms with Gasteiger partial charge in [-0.15, -0.1) is 0 Å². The summed E-state index contributed by atoms with van der Waals surface area (Å²) in [5.74, 6) is 0.834. The van der Waals surface area contributed by atoms with Crippen LogP contribution in [0.5, 0.6) is 0 Å². The van der Waals surface area contributed by atoms with Gasteiger partial charge in [0.25, 0.3) is 0 Å². The number of aromatic nitrogens is 1. The van der Waals surface area contributed by atoms with Crippen LogP contribution in [-0.2, 0) is 0 Å². The molecular weight excluding hydrogens is 146 g/mol. The normalized spacial score (nSPS) is 10.0. The van der Waals surface area contributed by atoms with E-state index in [4.69, 9.17) is 4.52 Å². The summed E-state index contributed by atoms with van der Waals surface area (Å²) in [5.41, 5.74) is 1.10. The monoisotopic (exact) mass is 151 g/mol. The fourth-order valence-electron chi connectivity index (χ4n) is 0.769. The highest BCUT2D eigenvalue weighted by Gasteiger charge is 1.99.